The largest absolute Gasteiger partial charge is 0.493 e. The summed E-state index contributed by atoms with van der Waals surface area (Å²) >= 11 is 6.09. The predicted molar refractivity (Wildman–Crippen MR) is 103 cm³/mol. The Bertz CT molecular complexity index is 787. The van der Waals surface area contributed by atoms with Crippen LogP contribution < -0.4 is 20.1 Å². The lowest BCUT2D eigenvalue weighted by Gasteiger charge is -2.12. The smallest absolute Gasteiger partial charge is 0.315 e. The number of halogens is 1. The van der Waals surface area contributed by atoms with Crippen molar-refractivity contribution in [2.75, 3.05) is 20.3 Å². The molecule has 0 saturated heterocycles. The lowest BCUT2D eigenvalue weighted by molar-refractivity contribution is 0.240. The summed E-state index contributed by atoms with van der Waals surface area (Å²) in [4.78, 5) is 11.9. The van der Waals surface area contributed by atoms with Gasteiger partial charge in [0.15, 0.2) is 11.5 Å². The van der Waals surface area contributed by atoms with Crippen LogP contribution in [0.2, 0.25) is 5.02 Å². The second kappa shape index (κ2) is 10.2. The van der Waals surface area contributed by atoms with Crippen LogP contribution in [0.15, 0.2) is 42.5 Å². The van der Waals surface area contributed by atoms with E-state index < -0.39 is 0 Å². The fourth-order valence-electron chi connectivity index (χ4n) is 2.32. The zero-order valence-electron chi connectivity index (χ0n) is 14.5. The summed E-state index contributed by atoms with van der Waals surface area (Å²) in [5, 5.41) is 6.31. The first-order valence-corrected chi connectivity index (χ1v) is 8.50. The molecule has 26 heavy (non-hydrogen) atoms. The summed E-state index contributed by atoms with van der Waals surface area (Å²) in [7, 11) is 1.56. The Kier molecular flexibility index (Phi) is 7.66. The number of rotatable bonds is 8. The third-order valence-electron chi connectivity index (χ3n) is 3.63. The molecule has 2 aromatic carbocycles. The fraction of sp³-hybridized carbons (Fsp3) is 0.250. The van der Waals surface area contributed by atoms with E-state index in [0.29, 0.717) is 36.0 Å². The molecule has 0 spiro atoms. The number of methoxy groups -OCH3 is 1. The number of urea groups is 1. The lowest BCUT2D eigenvalue weighted by Crippen LogP contribution is -2.36. The van der Waals surface area contributed by atoms with Crippen molar-refractivity contribution in [2.24, 2.45) is 0 Å². The zero-order chi connectivity index (χ0) is 18.8. The Morgan fingerprint density at radius 1 is 1.19 bits per heavy atom. The van der Waals surface area contributed by atoms with Crippen molar-refractivity contribution in [1.82, 2.24) is 10.6 Å². The quantitative estimate of drug-likeness (QED) is 0.698. The Morgan fingerprint density at radius 3 is 2.73 bits per heavy atom. The summed E-state index contributed by atoms with van der Waals surface area (Å²) in [5.41, 5.74) is 1.87. The maximum atomic E-state index is 11.9. The predicted octanol–water partition coefficient (Wildman–Crippen LogP) is 3.40. The molecule has 0 bridgehead atoms. The SMILES string of the molecule is C#CCOc1cc(CNC(=O)NCCc2ccccc2Cl)ccc1OC. The van der Waals surface area contributed by atoms with Gasteiger partial charge in [-0.15, -0.1) is 6.42 Å². The number of ether oxygens (including phenoxy) is 2. The standard InChI is InChI=1S/C20H21ClN2O3/c1-3-12-26-19-13-15(8-9-18(19)25-2)14-23-20(24)22-11-10-16-6-4-5-7-17(16)21/h1,4-9,13H,10-12,14H2,2H3,(H2,22,23,24). The number of benzene rings is 2. The van der Waals surface area contributed by atoms with Crippen LogP contribution in [-0.2, 0) is 13.0 Å². The van der Waals surface area contributed by atoms with Gasteiger partial charge in [-0.3, -0.25) is 0 Å². The minimum Gasteiger partial charge on any atom is -0.493 e. The number of amides is 2. The van der Waals surface area contributed by atoms with Gasteiger partial charge in [-0.25, -0.2) is 4.79 Å². The molecule has 0 aliphatic rings. The van der Waals surface area contributed by atoms with Crippen LogP contribution >= 0.6 is 11.6 Å². The van der Waals surface area contributed by atoms with Gasteiger partial charge < -0.3 is 20.1 Å². The van der Waals surface area contributed by atoms with Gasteiger partial charge in [0.2, 0.25) is 0 Å². The van der Waals surface area contributed by atoms with Gasteiger partial charge in [-0.2, -0.15) is 0 Å². The van der Waals surface area contributed by atoms with Gasteiger partial charge in [0.05, 0.1) is 7.11 Å². The highest BCUT2D eigenvalue weighted by molar-refractivity contribution is 6.31. The van der Waals surface area contributed by atoms with E-state index in [0.717, 1.165) is 11.1 Å². The summed E-state index contributed by atoms with van der Waals surface area (Å²) in [5.74, 6) is 3.55. The molecule has 0 aromatic heterocycles. The minimum absolute atomic E-state index is 0.149. The third kappa shape index (κ3) is 5.91. The van der Waals surface area contributed by atoms with E-state index >= 15 is 0 Å². The van der Waals surface area contributed by atoms with E-state index in [4.69, 9.17) is 27.5 Å². The van der Waals surface area contributed by atoms with Crippen molar-refractivity contribution in [2.45, 2.75) is 13.0 Å². The first-order valence-electron chi connectivity index (χ1n) is 8.12. The average Bonchev–Trinajstić information content (AvgIpc) is 2.66. The first kappa shape index (κ1) is 19.5. The van der Waals surface area contributed by atoms with E-state index in [1.807, 2.05) is 30.3 Å². The molecule has 0 radical (unpaired) electrons. The molecule has 0 fully saturated rings. The summed E-state index contributed by atoms with van der Waals surface area (Å²) < 4.78 is 10.7. The van der Waals surface area contributed by atoms with Gasteiger partial charge in [0.25, 0.3) is 0 Å². The Hall–Kier alpha value is -2.84. The number of hydrogen-bond acceptors (Lipinski definition) is 3. The number of terminal acetylenes is 1. The molecule has 0 aliphatic heterocycles. The van der Waals surface area contributed by atoms with Gasteiger partial charge in [-0.05, 0) is 35.7 Å². The number of carbonyl (C=O) groups excluding carboxylic acids is 1. The molecular weight excluding hydrogens is 352 g/mol. The minimum atomic E-state index is -0.251. The second-order valence-corrected chi connectivity index (χ2v) is 5.84. The zero-order valence-corrected chi connectivity index (χ0v) is 15.3. The molecule has 2 aromatic rings. The maximum absolute atomic E-state index is 11.9. The Morgan fingerprint density at radius 2 is 2.00 bits per heavy atom. The van der Waals surface area contributed by atoms with Gasteiger partial charge in [-0.1, -0.05) is 41.8 Å². The van der Waals surface area contributed by atoms with E-state index in [9.17, 15) is 4.79 Å². The molecule has 5 nitrogen and oxygen atoms in total. The average molecular weight is 373 g/mol. The highest BCUT2D eigenvalue weighted by atomic mass is 35.5. The first-order chi connectivity index (χ1) is 12.6. The van der Waals surface area contributed by atoms with Crippen molar-refractivity contribution in [3.8, 4) is 23.8 Å². The van der Waals surface area contributed by atoms with Crippen LogP contribution in [0.3, 0.4) is 0 Å². The molecule has 2 N–H and O–H groups in total. The van der Waals surface area contributed by atoms with Gasteiger partial charge in [0, 0.05) is 18.1 Å². The molecule has 0 atom stereocenters. The molecule has 2 rings (SSSR count). The van der Waals surface area contributed by atoms with Crippen LogP contribution in [0.1, 0.15) is 11.1 Å². The number of hydrogen-bond donors (Lipinski definition) is 2. The molecule has 0 heterocycles. The lowest BCUT2D eigenvalue weighted by atomic mass is 10.1. The van der Waals surface area contributed by atoms with Crippen LogP contribution in [0, 0.1) is 12.3 Å². The fourth-order valence-corrected chi connectivity index (χ4v) is 2.55. The summed E-state index contributed by atoms with van der Waals surface area (Å²) in [6.07, 6.45) is 5.88. The molecule has 0 aliphatic carbocycles. The maximum Gasteiger partial charge on any atom is 0.315 e. The summed E-state index contributed by atoms with van der Waals surface area (Å²) in [6, 6.07) is 12.7. The number of carbonyl (C=O) groups is 1. The highest BCUT2D eigenvalue weighted by Gasteiger charge is 2.07. The molecule has 136 valence electrons. The molecule has 0 unspecified atom stereocenters. The molecule has 6 heteroatoms. The Labute approximate surface area is 158 Å². The molecular formula is C20H21ClN2O3. The van der Waals surface area contributed by atoms with Crippen LogP contribution in [0.25, 0.3) is 0 Å². The monoisotopic (exact) mass is 372 g/mol. The highest BCUT2D eigenvalue weighted by Crippen LogP contribution is 2.27. The van der Waals surface area contributed by atoms with Crippen LogP contribution in [0.5, 0.6) is 11.5 Å². The third-order valence-corrected chi connectivity index (χ3v) is 4.00. The van der Waals surface area contributed by atoms with Crippen molar-refractivity contribution in [1.29, 1.82) is 0 Å². The van der Waals surface area contributed by atoms with Gasteiger partial charge in [0.1, 0.15) is 6.61 Å². The van der Waals surface area contributed by atoms with Crippen LogP contribution in [0.4, 0.5) is 4.79 Å². The normalized spacial score (nSPS) is 9.88. The van der Waals surface area contributed by atoms with Crippen molar-refractivity contribution in [3.05, 3.63) is 58.6 Å². The van der Waals surface area contributed by atoms with E-state index in [2.05, 4.69) is 16.6 Å². The number of nitrogens with one attached hydrogen (secondary N) is 2. The summed E-state index contributed by atoms with van der Waals surface area (Å²) in [6.45, 7) is 0.999. The van der Waals surface area contributed by atoms with E-state index in [1.54, 1.807) is 19.2 Å². The topological polar surface area (TPSA) is 59.6 Å². The Balaban J connectivity index is 1.81. The molecule has 2 amide bonds. The van der Waals surface area contributed by atoms with E-state index in [1.165, 1.54) is 0 Å². The van der Waals surface area contributed by atoms with Crippen molar-refractivity contribution in [3.63, 3.8) is 0 Å². The second-order valence-electron chi connectivity index (χ2n) is 5.43. The van der Waals surface area contributed by atoms with Crippen LogP contribution in [-0.4, -0.2) is 26.3 Å². The molecule has 0 saturated carbocycles. The van der Waals surface area contributed by atoms with Crippen molar-refractivity contribution < 1.29 is 14.3 Å². The van der Waals surface area contributed by atoms with Gasteiger partial charge >= 0.3 is 6.03 Å². The van der Waals surface area contributed by atoms with Crippen molar-refractivity contribution >= 4 is 17.6 Å². The van der Waals surface area contributed by atoms with E-state index in [-0.39, 0.29) is 12.6 Å².